The van der Waals surface area contributed by atoms with Gasteiger partial charge in [-0.3, -0.25) is 9.59 Å². The van der Waals surface area contributed by atoms with Crippen LogP contribution in [0.15, 0.2) is 0 Å². The first-order chi connectivity index (χ1) is 12.5. The molecule has 0 heterocycles. The van der Waals surface area contributed by atoms with Crippen LogP contribution >= 0.6 is 0 Å². The molecule has 1 atom stereocenters. The van der Waals surface area contributed by atoms with Crippen molar-refractivity contribution in [1.29, 1.82) is 0 Å². The van der Waals surface area contributed by atoms with E-state index in [0.29, 0.717) is 19.4 Å². The average Bonchev–Trinajstić information content (AvgIpc) is 2.60. The van der Waals surface area contributed by atoms with Crippen LogP contribution in [0.25, 0.3) is 0 Å². The molecule has 0 aromatic carbocycles. The summed E-state index contributed by atoms with van der Waals surface area (Å²) in [6.07, 6.45) is 13.5. The molecule has 0 spiro atoms. The van der Waals surface area contributed by atoms with Gasteiger partial charge in [-0.15, -0.1) is 0 Å². The van der Waals surface area contributed by atoms with Crippen molar-refractivity contribution in [2.24, 2.45) is 11.5 Å². The monoisotopic (exact) mass is 373 g/mol. The highest BCUT2D eigenvalue weighted by atomic mass is 16.4. The van der Waals surface area contributed by atoms with Crippen LogP contribution in [-0.4, -0.2) is 36.0 Å². The summed E-state index contributed by atoms with van der Waals surface area (Å²) in [5.74, 6) is -1.10. The Morgan fingerprint density at radius 2 is 1.46 bits per heavy atom. The van der Waals surface area contributed by atoms with E-state index in [1.54, 1.807) is 0 Å². The molecular weight excluding hydrogens is 334 g/mol. The minimum atomic E-state index is -0.956. The Kier molecular flexibility index (Phi) is 21.9. The van der Waals surface area contributed by atoms with Gasteiger partial charge in [-0.05, 0) is 32.2 Å². The molecule has 0 aromatic heterocycles. The van der Waals surface area contributed by atoms with Crippen LogP contribution < -0.4 is 16.8 Å². The first-order valence-electron chi connectivity index (χ1n) is 9.91. The second kappa shape index (κ2) is 21.4. The van der Waals surface area contributed by atoms with Gasteiger partial charge in [0.25, 0.3) is 0 Å². The van der Waals surface area contributed by atoms with Gasteiger partial charge >= 0.3 is 5.97 Å². The number of amides is 2. The molecule has 0 saturated heterocycles. The topological polar surface area (TPSA) is 136 Å². The second-order valence-corrected chi connectivity index (χ2v) is 6.46. The van der Waals surface area contributed by atoms with E-state index in [2.05, 4.69) is 18.0 Å². The summed E-state index contributed by atoms with van der Waals surface area (Å²) < 4.78 is 0. The van der Waals surface area contributed by atoms with E-state index in [1.807, 2.05) is 0 Å². The molecule has 0 aliphatic carbocycles. The molecule has 0 fully saturated rings. The van der Waals surface area contributed by atoms with Crippen molar-refractivity contribution in [3.05, 3.63) is 0 Å². The van der Waals surface area contributed by atoms with Crippen LogP contribution in [0.1, 0.15) is 90.4 Å². The van der Waals surface area contributed by atoms with Crippen LogP contribution in [0.4, 0.5) is 0 Å². The predicted molar refractivity (Wildman–Crippen MR) is 105 cm³/mol. The Balaban J connectivity index is 0. The number of hydrogen-bond acceptors (Lipinski definition) is 4. The third-order valence-electron chi connectivity index (χ3n) is 4.09. The molecule has 0 aliphatic rings. The van der Waals surface area contributed by atoms with Crippen LogP contribution in [0.5, 0.6) is 0 Å². The summed E-state index contributed by atoms with van der Waals surface area (Å²) in [5.41, 5.74) is 9.56. The largest absolute Gasteiger partial charge is 0.480 e. The van der Waals surface area contributed by atoms with Gasteiger partial charge in [-0.25, -0.2) is 4.79 Å². The first kappa shape index (κ1) is 26.6. The quantitative estimate of drug-likeness (QED) is 0.244. The maximum Gasteiger partial charge on any atom is 0.326 e. The van der Waals surface area contributed by atoms with E-state index < -0.39 is 12.0 Å². The number of unbranched alkanes of at least 4 members (excludes halogenated alkanes) is 9. The summed E-state index contributed by atoms with van der Waals surface area (Å²) in [4.78, 5) is 31.5. The molecule has 26 heavy (non-hydrogen) atoms. The molecule has 0 aromatic rings. The molecule has 154 valence electrons. The Labute approximate surface area is 158 Å². The van der Waals surface area contributed by atoms with E-state index in [1.165, 1.54) is 38.5 Å². The van der Waals surface area contributed by atoms with Gasteiger partial charge in [-0.1, -0.05) is 58.3 Å². The molecule has 2 amide bonds. The number of carboxylic acid groups (broad SMARTS) is 1. The summed E-state index contributed by atoms with van der Waals surface area (Å²) in [5, 5.41) is 11.7. The molecule has 0 radical (unpaired) electrons. The van der Waals surface area contributed by atoms with Gasteiger partial charge in [0, 0.05) is 6.42 Å². The zero-order valence-electron chi connectivity index (χ0n) is 16.4. The van der Waals surface area contributed by atoms with Crippen molar-refractivity contribution in [2.75, 3.05) is 6.54 Å². The number of hydrogen-bond donors (Lipinski definition) is 4. The SMILES string of the molecule is CCCCCCCCCCCC(=O)NC(CCCCN)C(=O)O.NC=O. The number of primary amides is 1. The van der Waals surface area contributed by atoms with Gasteiger partial charge in [0.05, 0.1) is 0 Å². The van der Waals surface area contributed by atoms with Crippen LogP contribution in [-0.2, 0) is 14.4 Å². The Bertz CT molecular complexity index is 352. The lowest BCUT2D eigenvalue weighted by Gasteiger charge is -2.14. The van der Waals surface area contributed by atoms with Gasteiger partial charge in [-0.2, -0.15) is 0 Å². The maximum absolute atomic E-state index is 11.8. The number of carbonyl (C=O) groups is 3. The molecule has 0 saturated carbocycles. The molecule has 6 N–H and O–H groups in total. The van der Waals surface area contributed by atoms with Crippen molar-refractivity contribution in [2.45, 2.75) is 96.4 Å². The number of carboxylic acids is 1. The molecular formula is C19H39N3O4. The van der Waals surface area contributed by atoms with Crippen molar-refractivity contribution in [3.8, 4) is 0 Å². The third kappa shape index (κ3) is 20.4. The molecule has 0 rings (SSSR count). The summed E-state index contributed by atoms with van der Waals surface area (Å²) in [6.45, 7) is 2.77. The highest BCUT2D eigenvalue weighted by molar-refractivity contribution is 5.83. The molecule has 7 heteroatoms. The smallest absolute Gasteiger partial charge is 0.326 e. The molecule has 1 unspecified atom stereocenters. The Hall–Kier alpha value is -1.63. The fourth-order valence-electron chi connectivity index (χ4n) is 2.61. The minimum Gasteiger partial charge on any atom is -0.480 e. The molecule has 0 aliphatic heterocycles. The zero-order valence-corrected chi connectivity index (χ0v) is 16.4. The predicted octanol–water partition coefficient (Wildman–Crippen LogP) is 2.71. The molecule has 0 bridgehead atoms. The normalized spacial score (nSPS) is 11.2. The van der Waals surface area contributed by atoms with Crippen molar-refractivity contribution < 1.29 is 19.5 Å². The third-order valence-corrected chi connectivity index (χ3v) is 4.09. The number of aliphatic carboxylic acids is 1. The van der Waals surface area contributed by atoms with Gasteiger partial charge in [0.2, 0.25) is 12.3 Å². The Morgan fingerprint density at radius 3 is 1.92 bits per heavy atom. The fraction of sp³-hybridized carbons (Fsp3) is 0.842. The van der Waals surface area contributed by atoms with Gasteiger partial charge in [0.15, 0.2) is 0 Å². The summed E-state index contributed by atoms with van der Waals surface area (Å²) in [6, 6.07) is -0.771. The van der Waals surface area contributed by atoms with E-state index >= 15 is 0 Å². The van der Waals surface area contributed by atoms with E-state index in [9.17, 15) is 9.59 Å². The van der Waals surface area contributed by atoms with E-state index in [0.717, 1.165) is 32.1 Å². The minimum absolute atomic E-state index is 0.145. The van der Waals surface area contributed by atoms with Crippen LogP contribution in [0, 0.1) is 0 Å². The number of nitrogens with two attached hydrogens (primary N) is 2. The number of nitrogens with one attached hydrogen (secondary N) is 1. The average molecular weight is 374 g/mol. The second-order valence-electron chi connectivity index (χ2n) is 6.46. The van der Waals surface area contributed by atoms with Crippen molar-refractivity contribution in [1.82, 2.24) is 5.32 Å². The van der Waals surface area contributed by atoms with E-state index in [4.69, 9.17) is 15.6 Å². The van der Waals surface area contributed by atoms with Crippen LogP contribution in [0.3, 0.4) is 0 Å². The highest BCUT2D eigenvalue weighted by Crippen LogP contribution is 2.10. The van der Waals surface area contributed by atoms with Crippen molar-refractivity contribution >= 4 is 18.3 Å². The lowest BCUT2D eigenvalue weighted by atomic mass is 10.1. The Morgan fingerprint density at radius 1 is 0.962 bits per heavy atom. The van der Waals surface area contributed by atoms with Crippen molar-refractivity contribution in [3.63, 3.8) is 0 Å². The number of rotatable bonds is 16. The molecule has 7 nitrogen and oxygen atoms in total. The first-order valence-corrected chi connectivity index (χ1v) is 9.91. The van der Waals surface area contributed by atoms with Crippen LogP contribution in [0.2, 0.25) is 0 Å². The zero-order chi connectivity index (χ0) is 20.0. The van der Waals surface area contributed by atoms with Gasteiger partial charge in [0.1, 0.15) is 6.04 Å². The van der Waals surface area contributed by atoms with Gasteiger partial charge < -0.3 is 21.9 Å². The maximum atomic E-state index is 11.8. The summed E-state index contributed by atoms with van der Waals surface area (Å²) >= 11 is 0. The number of carbonyl (C=O) groups excluding carboxylic acids is 2. The standard InChI is InChI=1S/C18H36N2O3.CH3NO/c1-2-3-4-5-6-7-8-9-10-14-17(21)20-16(18(22)23)13-11-12-15-19;2-1-3/h16H,2-15,19H2,1H3,(H,20,21)(H,22,23);1H,(H2,2,3). The fourth-order valence-corrected chi connectivity index (χ4v) is 2.61. The lowest BCUT2D eigenvalue weighted by molar-refractivity contribution is -0.142. The summed E-state index contributed by atoms with van der Waals surface area (Å²) in [7, 11) is 0. The lowest BCUT2D eigenvalue weighted by Crippen LogP contribution is -2.40. The highest BCUT2D eigenvalue weighted by Gasteiger charge is 2.18. The van der Waals surface area contributed by atoms with E-state index in [-0.39, 0.29) is 12.3 Å².